The van der Waals surface area contributed by atoms with Crippen molar-refractivity contribution in [3.63, 3.8) is 0 Å². The van der Waals surface area contributed by atoms with Crippen LogP contribution in [0.1, 0.15) is 32.3 Å². The van der Waals surface area contributed by atoms with Crippen LogP contribution in [-0.4, -0.2) is 30.1 Å². The van der Waals surface area contributed by atoms with E-state index < -0.39 is 0 Å². The van der Waals surface area contributed by atoms with Gasteiger partial charge in [-0.2, -0.15) is 0 Å². The molecule has 2 nitrogen and oxygen atoms in total. The number of nitrogens with zero attached hydrogens (tertiary/aromatic N) is 1. The molecule has 0 aliphatic carbocycles. The van der Waals surface area contributed by atoms with Gasteiger partial charge in [-0.3, -0.25) is 4.90 Å². The molecule has 0 aromatic heterocycles. The van der Waals surface area contributed by atoms with Gasteiger partial charge in [-0.05, 0) is 44.2 Å². The lowest BCUT2D eigenvalue weighted by atomic mass is 9.92. The van der Waals surface area contributed by atoms with E-state index in [9.17, 15) is 0 Å². The van der Waals surface area contributed by atoms with Gasteiger partial charge in [0.15, 0.2) is 0 Å². The third kappa shape index (κ3) is 3.82. The Morgan fingerprint density at radius 3 is 2.67 bits per heavy atom. The molecule has 1 saturated heterocycles. The zero-order valence-corrected chi connectivity index (χ0v) is 11.7. The van der Waals surface area contributed by atoms with Gasteiger partial charge >= 0.3 is 0 Å². The third-order valence-electron chi connectivity index (χ3n) is 4.09. The average molecular weight is 246 g/mol. The van der Waals surface area contributed by atoms with Crippen LogP contribution in [-0.2, 0) is 6.42 Å². The molecule has 0 saturated carbocycles. The maximum Gasteiger partial charge on any atom is 0.0208 e. The van der Waals surface area contributed by atoms with Crippen molar-refractivity contribution in [3.05, 3.63) is 35.9 Å². The van der Waals surface area contributed by atoms with E-state index >= 15 is 0 Å². The predicted octanol–water partition coefficient (Wildman–Crippen LogP) is 2.68. The second-order valence-electron chi connectivity index (χ2n) is 5.92. The summed E-state index contributed by atoms with van der Waals surface area (Å²) in [6.45, 7) is 6.94. The maximum absolute atomic E-state index is 6.29. The van der Waals surface area contributed by atoms with E-state index in [2.05, 4.69) is 49.1 Å². The molecule has 0 bridgehead atoms. The molecule has 0 radical (unpaired) electrons. The first-order chi connectivity index (χ1) is 8.65. The highest BCUT2D eigenvalue weighted by Gasteiger charge is 2.23. The Labute approximate surface area is 111 Å². The first-order valence-electron chi connectivity index (χ1n) is 7.18. The molecule has 1 aliphatic rings. The highest BCUT2D eigenvalue weighted by Crippen LogP contribution is 2.22. The summed E-state index contributed by atoms with van der Waals surface area (Å²) < 4.78 is 0. The van der Waals surface area contributed by atoms with Gasteiger partial charge in [-0.25, -0.2) is 0 Å². The number of hydrogen-bond donors (Lipinski definition) is 1. The highest BCUT2D eigenvalue weighted by atomic mass is 15.2. The molecular formula is C16H26N2. The molecule has 3 atom stereocenters. The van der Waals surface area contributed by atoms with Crippen LogP contribution in [0.25, 0.3) is 0 Å². The van der Waals surface area contributed by atoms with Crippen LogP contribution < -0.4 is 5.73 Å². The largest absolute Gasteiger partial charge is 0.326 e. The SMILES string of the molecule is CC1CCN(CC(N)Cc2ccccc2)C(C)C1. The first kappa shape index (κ1) is 13.6. The summed E-state index contributed by atoms with van der Waals surface area (Å²) in [6, 6.07) is 11.5. The van der Waals surface area contributed by atoms with Crippen LogP contribution in [0.4, 0.5) is 0 Å². The number of likely N-dealkylation sites (tertiary alicyclic amines) is 1. The summed E-state index contributed by atoms with van der Waals surface area (Å²) in [5.74, 6) is 0.876. The molecule has 0 spiro atoms. The van der Waals surface area contributed by atoms with E-state index in [0.29, 0.717) is 6.04 Å². The summed E-state index contributed by atoms with van der Waals surface area (Å²) in [6.07, 6.45) is 3.63. The number of rotatable bonds is 4. The van der Waals surface area contributed by atoms with E-state index in [1.807, 2.05) is 0 Å². The molecule has 1 heterocycles. The fourth-order valence-electron chi connectivity index (χ4n) is 3.01. The lowest BCUT2D eigenvalue weighted by molar-refractivity contribution is 0.122. The van der Waals surface area contributed by atoms with Crippen LogP contribution in [0.5, 0.6) is 0 Å². The summed E-state index contributed by atoms with van der Waals surface area (Å²) in [5, 5.41) is 0. The van der Waals surface area contributed by atoms with Gasteiger partial charge in [-0.1, -0.05) is 37.3 Å². The Bertz CT molecular complexity index is 349. The predicted molar refractivity (Wildman–Crippen MR) is 77.6 cm³/mol. The molecule has 18 heavy (non-hydrogen) atoms. The van der Waals surface area contributed by atoms with Crippen molar-refractivity contribution in [3.8, 4) is 0 Å². The van der Waals surface area contributed by atoms with E-state index in [1.165, 1.54) is 24.9 Å². The minimum Gasteiger partial charge on any atom is -0.326 e. The Morgan fingerprint density at radius 2 is 2.00 bits per heavy atom. The summed E-state index contributed by atoms with van der Waals surface area (Å²) in [7, 11) is 0. The fourth-order valence-corrected chi connectivity index (χ4v) is 3.01. The minimum atomic E-state index is 0.253. The van der Waals surface area contributed by atoms with Crippen molar-refractivity contribution >= 4 is 0 Å². The van der Waals surface area contributed by atoms with Crippen molar-refractivity contribution < 1.29 is 0 Å². The Morgan fingerprint density at radius 1 is 1.28 bits per heavy atom. The standard InChI is InChI=1S/C16H26N2/c1-13-8-9-18(14(2)10-13)12-16(17)11-15-6-4-3-5-7-15/h3-7,13-14,16H,8-12,17H2,1-2H3. The van der Waals surface area contributed by atoms with Gasteiger partial charge in [0.2, 0.25) is 0 Å². The van der Waals surface area contributed by atoms with Gasteiger partial charge in [0.1, 0.15) is 0 Å². The van der Waals surface area contributed by atoms with Gasteiger partial charge < -0.3 is 5.73 Å². The van der Waals surface area contributed by atoms with Crippen LogP contribution >= 0.6 is 0 Å². The smallest absolute Gasteiger partial charge is 0.0208 e. The fraction of sp³-hybridized carbons (Fsp3) is 0.625. The number of benzene rings is 1. The summed E-state index contributed by atoms with van der Waals surface area (Å²) in [5.41, 5.74) is 7.64. The second kappa shape index (κ2) is 6.35. The monoisotopic (exact) mass is 246 g/mol. The Kier molecular flexibility index (Phi) is 4.79. The van der Waals surface area contributed by atoms with Crippen LogP contribution in [0.3, 0.4) is 0 Å². The zero-order chi connectivity index (χ0) is 13.0. The topological polar surface area (TPSA) is 29.3 Å². The summed E-state index contributed by atoms with van der Waals surface area (Å²) >= 11 is 0. The molecule has 0 amide bonds. The van der Waals surface area contributed by atoms with Gasteiger partial charge in [0.25, 0.3) is 0 Å². The summed E-state index contributed by atoms with van der Waals surface area (Å²) in [4.78, 5) is 2.56. The number of piperidine rings is 1. The molecule has 100 valence electrons. The zero-order valence-electron chi connectivity index (χ0n) is 11.7. The van der Waals surface area contributed by atoms with Gasteiger partial charge in [-0.15, -0.1) is 0 Å². The molecular weight excluding hydrogens is 220 g/mol. The van der Waals surface area contributed by atoms with Crippen LogP contribution in [0.15, 0.2) is 30.3 Å². The minimum absolute atomic E-state index is 0.253. The third-order valence-corrected chi connectivity index (χ3v) is 4.09. The van der Waals surface area contributed by atoms with Crippen molar-refractivity contribution in [1.29, 1.82) is 0 Å². The highest BCUT2D eigenvalue weighted by molar-refractivity contribution is 5.15. The normalized spacial score (nSPS) is 27.1. The quantitative estimate of drug-likeness (QED) is 0.885. The molecule has 2 N–H and O–H groups in total. The number of hydrogen-bond acceptors (Lipinski definition) is 2. The maximum atomic E-state index is 6.29. The van der Waals surface area contributed by atoms with Gasteiger partial charge in [0.05, 0.1) is 0 Å². The Hall–Kier alpha value is -0.860. The molecule has 1 aromatic carbocycles. The van der Waals surface area contributed by atoms with E-state index in [-0.39, 0.29) is 6.04 Å². The van der Waals surface area contributed by atoms with Crippen LogP contribution in [0, 0.1) is 5.92 Å². The molecule has 1 fully saturated rings. The number of nitrogens with two attached hydrogens (primary N) is 1. The van der Waals surface area contributed by atoms with Crippen molar-refractivity contribution in [2.24, 2.45) is 11.7 Å². The van der Waals surface area contributed by atoms with Crippen LogP contribution in [0.2, 0.25) is 0 Å². The van der Waals surface area contributed by atoms with E-state index in [1.54, 1.807) is 0 Å². The van der Waals surface area contributed by atoms with Gasteiger partial charge in [0, 0.05) is 18.6 Å². The first-order valence-corrected chi connectivity index (χ1v) is 7.18. The molecule has 1 aliphatic heterocycles. The lowest BCUT2D eigenvalue weighted by Crippen LogP contribution is -2.47. The van der Waals surface area contributed by atoms with Crippen molar-refractivity contribution in [2.75, 3.05) is 13.1 Å². The molecule has 3 unspecified atom stereocenters. The Balaban J connectivity index is 1.82. The second-order valence-corrected chi connectivity index (χ2v) is 5.92. The average Bonchev–Trinajstić information content (AvgIpc) is 2.34. The van der Waals surface area contributed by atoms with E-state index in [4.69, 9.17) is 5.73 Å². The van der Waals surface area contributed by atoms with Crippen molar-refractivity contribution in [1.82, 2.24) is 4.90 Å². The molecule has 2 heteroatoms. The lowest BCUT2D eigenvalue weighted by Gasteiger charge is -2.37. The molecule has 2 rings (SSSR count). The molecule has 1 aromatic rings. The van der Waals surface area contributed by atoms with Crippen molar-refractivity contribution in [2.45, 2.75) is 45.2 Å². The van der Waals surface area contributed by atoms with E-state index in [0.717, 1.165) is 18.9 Å².